The van der Waals surface area contributed by atoms with Crippen LogP contribution in [0.3, 0.4) is 0 Å². The Hall–Kier alpha value is -1.63. The lowest BCUT2D eigenvalue weighted by atomic mass is 10.0. The lowest BCUT2D eigenvalue weighted by Gasteiger charge is -2.09. The van der Waals surface area contributed by atoms with E-state index in [1.807, 2.05) is 13.8 Å². The quantitative estimate of drug-likeness (QED) is 0.373. The van der Waals surface area contributed by atoms with Crippen molar-refractivity contribution < 1.29 is 42.6 Å². The smallest absolute Gasteiger partial charge is 0.481 e. The van der Waals surface area contributed by atoms with Gasteiger partial charge in [0.2, 0.25) is 6.10 Å². The molecular formula is C14H21F3N2O6S2. The van der Waals surface area contributed by atoms with E-state index in [2.05, 4.69) is 10.5 Å². The van der Waals surface area contributed by atoms with Crippen LogP contribution in [0.15, 0.2) is 5.16 Å². The highest BCUT2D eigenvalue weighted by atomic mass is 33.1. The fourth-order valence-corrected chi connectivity index (χ4v) is 3.34. The van der Waals surface area contributed by atoms with Gasteiger partial charge in [-0.2, -0.15) is 13.2 Å². The number of carboxylic acid groups (broad SMARTS) is 2. The van der Waals surface area contributed by atoms with Gasteiger partial charge in [0.15, 0.2) is 0 Å². The van der Waals surface area contributed by atoms with Gasteiger partial charge in [0, 0.05) is 24.5 Å². The van der Waals surface area contributed by atoms with Crippen molar-refractivity contribution in [3.8, 4) is 0 Å². The second-order valence-electron chi connectivity index (χ2n) is 5.42. The summed E-state index contributed by atoms with van der Waals surface area (Å²) in [6, 6.07) is 0. The third-order valence-corrected chi connectivity index (χ3v) is 5.27. The van der Waals surface area contributed by atoms with E-state index in [9.17, 15) is 22.8 Å². The molecule has 0 aliphatic carbocycles. The van der Waals surface area contributed by atoms with Crippen LogP contribution in [0.25, 0.3) is 0 Å². The molecule has 1 rings (SSSR count). The second-order valence-corrected chi connectivity index (χ2v) is 8.12. The van der Waals surface area contributed by atoms with Gasteiger partial charge in [0.25, 0.3) is 5.91 Å². The summed E-state index contributed by atoms with van der Waals surface area (Å²) in [5.74, 6) is -2.07. The topological polar surface area (TPSA) is 125 Å². The predicted octanol–water partition coefficient (Wildman–Crippen LogP) is 2.39. The Bertz CT molecular complexity index is 543. The molecule has 0 spiro atoms. The standard InChI is InChI=1S/C12H20N2O4S2.C2HF3O2/c1-8(2)9-7-10(18-14-9)12(17)13-4-6-20-19-5-3-11(15)16;3-2(4,5)1(6)7/h8,10H,3-7H2,1-2H3,(H,13,17)(H,15,16);(H,6,7). The molecule has 0 bridgehead atoms. The normalized spacial score (nSPS) is 16.1. The number of rotatable bonds is 9. The largest absolute Gasteiger partial charge is 0.490 e. The van der Waals surface area contributed by atoms with Crippen molar-refractivity contribution >= 4 is 45.1 Å². The van der Waals surface area contributed by atoms with Crippen LogP contribution in [0.2, 0.25) is 0 Å². The van der Waals surface area contributed by atoms with Crippen LogP contribution in [0.1, 0.15) is 26.7 Å². The molecule has 8 nitrogen and oxygen atoms in total. The minimum absolute atomic E-state index is 0.138. The Morgan fingerprint density at radius 1 is 1.26 bits per heavy atom. The molecule has 1 aliphatic rings. The van der Waals surface area contributed by atoms with Crippen LogP contribution in [0, 0.1) is 5.92 Å². The number of nitrogens with zero attached hydrogens (tertiary/aromatic N) is 1. The van der Waals surface area contributed by atoms with E-state index in [4.69, 9.17) is 19.8 Å². The van der Waals surface area contributed by atoms with Crippen LogP contribution >= 0.6 is 21.6 Å². The van der Waals surface area contributed by atoms with E-state index < -0.39 is 24.2 Å². The molecule has 3 N–H and O–H groups in total. The maximum absolute atomic E-state index is 11.8. The highest BCUT2D eigenvalue weighted by molar-refractivity contribution is 8.76. The first-order valence-corrected chi connectivity index (χ1v) is 10.2. The molecule has 0 saturated heterocycles. The number of alkyl halides is 3. The molecule has 0 aromatic carbocycles. The average molecular weight is 434 g/mol. The summed E-state index contributed by atoms with van der Waals surface area (Å²) in [5, 5.41) is 22.3. The van der Waals surface area contributed by atoms with Gasteiger partial charge in [-0.3, -0.25) is 9.59 Å². The van der Waals surface area contributed by atoms with E-state index >= 15 is 0 Å². The molecule has 156 valence electrons. The first-order valence-electron chi connectivity index (χ1n) is 7.71. The molecule has 13 heteroatoms. The van der Waals surface area contributed by atoms with E-state index in [1.165, 1.54) is 10.8 Å². The Kier molecular flexibility index (Phi) is 11.9. The van der Waals surface area contributed by atoms with Crippen LogP contribution in [-0.2, 0) is 19.2 Å². The van der Waals surface area contributed by atoms with E-state index in [0.717, 1.165) is 11.5 Å². The second kappa shape index (κ2) is 12.7. The fourth-order valence-electron chi connectivity index (χ4n) is 1.45. The maximum atomic E-state index is 11.8. The zero-order valence-corrected chi connectivity index (χ0v) is 16.2. The van der Waals surface area contributed by atoms with Crippen molar-refractivity contribution in [3.05, 3.63) is 0 Å². The highest BCUT2D eigenvalue weighted by Crippen LogP contribution is 2.21. The first-order chi connectivity index (χ1) is 12.4. The van der Waals surface area contributed by atoms with Gasteiger partial charge in [-0.05, 0) is 5.92 Å². The average Bonchev–Trinajstić information content (AvgIpc) is 3.03. The molecule has 1 unspecified atom stereocenters. The van der Waals surface area contributed by atoms with Crippen LogP contribution in [-0.4, -0.2) is 64.1 Å². The molecule has 27 heavy (non-hydrogen) atoms. The molecule has 1 amide bonds. The predicted molar refractivity (Wildman–Crippen MR) is 95.6 cm³/mol. The fraction of sp³-hybridized carbons (Fsp3) is 0.714. The molecule has 1 heterocycles. The number of carbonyl (C=O) groups is 3. The van der Waals surface area contributed by atoms with Gasteiger partial charge in [0.1, 0.15) is 0 Å². The first kappa shape index (κ1) is 25.4. The lowest BCUT2D eigenvalue weighted by Crippen LogP contribution is -2.36. The minimum atomic E-state index is -5.08. The molecule has 0 aromatic rings. The molecular weight excluding hydrogens is 413 g/mol. The van der Waals surface area contributed by atoms with E-state index in [0.29, 0.717) is 24.6 Å². The molecule has 1 aliphatic heterocycles. The SMILES string of the molecule is CC(C)C1=NOC(C(=O)NCCSSCCC(=O)O)C1.O=C(O)C(F)(F)F. The summed E-state index contributed by atoms with van der Waals surface area (Å²) in [4.78, 5) is 36.1. The van der Waals surface area contributed by atoms with Crippen LogP contribution in [0.5, 0.6) is 0 Å². The number of carboxylic acids is 2. The molecule has 0 aromatic heterocycles. The maximum Gasteiger partial charge on any atom is 0.490 e. The van der Waals surface area contributed by atoms with Crippen LogP contribution in [0.4, 0.5) is 13.2 Å². The Morgan fingerprint density at radius 2 is 1.81 bits per heavy atom. The van der Waals surface area contributed by atoms with Gasteiger partial charge in [-0.25, -0.2) is 4.79 Å². The van der Waals surface area contributed by atoms with Crippen molar-refractivity contribution in [3.63, 3.8) is 0 Å². The number of oxime groups is 1. The number of amides is 1. The highest BCUT2D eigenvalue weighted by Gasteiger charge is 2.38. The summed E-state index contributed by atoms with van der Waals surface area (Å²) in [5.41, 5.74) is 0.920. The van der Waals surface area contributed by atoms with Crippen molar-refractivity contribution in [2.24, 2.45) is 11.1 Å². The number of aliphatic carboxylic acids is 2. The molecule has 0 radical (unpaired) electrons. The molecule has 0 fully saturated rings. The van der Waals surface area contributed by atoms with Crippen molar-refractivity contribution in [2.45, 2.75) is 39.0 Å². The number of hydrogen-bond acceptors (Lipinski definition) is 7. The number of halogens is 3. The summed E-state index contributed by atoms with van der Waals surface area (Å²) >= 11 is 0. The molecule has 1 atom stereocenters. The van der Waals surface area contributed by atoms with Crippen molar-refractivity contribution in [1.29, 1.82) is 0 Å². The van der Waals surface area contributed by atoms with Gasteiger partial charge >= 0.3 is 18.1 Å². The van der Waals surface area contributed by atoms with E-state index in [1.54, 1.807) is 10.8 Å². The van der Waals surface area contributed by atoms with Gasteiger partial charge in [-0.15, -0.1) is 0 Å². The zero-order valence-electron chi connectivity index (χ0n) is 14.6. The number of hydrogen-bond donors (Lipinski definition) is 3. The summed E-state index contributed by atoms with van der Waals surface area (Å²) in [7, 11) is 3.05. The Labute approximate surface area is 161 Å². The zero-order chi connectivity index (χ0) is 21.0. The Morgan fingerprint density at radius 3 is 2.26 bits per heavy atom. The third-order valence-electron chi connectivity index (χ3n) is 2.86. The van der Waals surface area contributed by atoms with Gasteiger partial charge in [0.05, 0.1) is 12.1 Å². The van der Waals surface area contributed by atoms with E-state index in [-0.39, 0.29) is 12.3 Å². The summed E-state index contributed by atoms with van der Waals surface area (Å²) < 4.78 is 31.7. The lowest BCUT2D eigenvalue weighted by molar-refractivity contribution is -0.192. The Balaban J connectivity index is 0.000000821. The van der Waals surface area contributed by atoms with Crippen LogP contribution < -0.4 is 5.32 Å². The number of carbonyl (C=O) groups excluding carboxylic acids is 1. The minimum Gasteiger partial charge on any atom is -0.481 e. The number of nitrogens with one attached hydrogen (secondary N) is 1. The van der Waals surface area contributed by atoms with Gasteiger partial charge < -0.3 is 20.4 Å². The molecule has 0 saturated carbocycles. The van der Waals surface area contributed by atoms with Crippen molar-refractivity contribution in [1.82, 2.24) is 5.32 Å². The van der Waals surface area contributed by atoms with Gasteiger partial charge in [-0.1, -0.05) is 40.6 Å². The summed E-state index contributed by atoms with van der Waals surface area (Å²) in [6.45, 7) is 4.58. The van der Waals surface area contributed by atoms with Crippen molar-refractivity contribution in [2.75, 3.05) is 18.1 Å². The monoisotopic (exact) mass is 434 g/mol. The third kappa shape index (κ3) is 12.4. The summed E-state index contributed by atoms with van der Waals surface area (Å²) in [6.07, 6.45) is -4.86.